The van der Waals surface area contributed by atoms with E-state index >= 15 is 0 Å². The molecule has 0 aliphatic heterocycles. The van der Waals surface area contributed by atoms with Gasteiger partial charge in [-0.3, -0.25) is 0 Å². The predicted molar refractivity (Wildman–Crippen MR) is 77.3 cm³/mol. The van der Waals surface area contributed by atoms with Crippen molar-refractivity contribution in [1.29, 1.82) is 0 Å². The van der Waals surface area contributed by atoms with Crippen molar-refractivity contribution in [2.45, 2.75) is 58.0 Å². The third-order valence-electron chi connectivity index (χ3n) is 3.52. The van der Waals surface area contributed by atoms with Gasteiger partial charge in [-0.25, -0.2) is 4.79 Å². The Kier molecular flexibility index (Phi) is 6.09. The quantitative estimate of drug-likeness (QED) is 0.617. The minimum Gasteiger partial charge on any atom is -0.453 e. The molecule has 0 rings (SSSR count). The number of alkyl carbamates (subject to hydrolysis) is 1. The van der Waals surface area contributed by atoms with Crippen LogP contribution >= 0.6 is 0 Å². The van der Waals surface area contributed by atoms with E-state index in [2.05, 4.69) is 50.5 Å². The predicted octanol–water partition coefficient (Wildman–Crippen LogP) is 3.31. The SMILES string of the molecule is C=C[C@H](NC(=O)OC)[C@H](C)O[Si](C)(C)C(C)(C)C. The molecule has 0 aliphatic rings. The summed E-state index contributed by atoms with van der Waals surface area (Å²) < 4.78 is 10.8. The van der Waals surface area contributed by atoms with Crippen LogP contribution < -0.4 is 5.32 Å². The Balaban J connectivity index is 4.67. The molecule has 5 heteroatoms. The number of carbonyl (C=O) groups excluding carboxylic acids is 1. The van der Waals surface area contributed by atoms with Gasteiger partial charge in [0.05, 0.1) is 19.3 Å². The molecule has 0 aromatic rings. The maximum Gasteiger partial charge on any atom is 0.407 e. The van der Waals surface area contributed by atoms with Crippen LogP contribution in [-0.2, 0) is 9.16 Å². The maximum absolute atomic E-state index is 11.2. The van der Waals surface area contributed by atoms with Gasteiger partial charge in [-0.15, -0.1) is 6.58 Å². The van der Waals surface area contributed by atoms with Crippen molar-refractivity contribution >= 4 is 14.4 Å². The number of rotatable bonds is 5. The third-order valence-corrected chi connectivity index (χ3v) is 8.09. The Morgan fingerprint density at radius 1 is 1.39 bits per heavy atom. The Bertz CT molecular complexity index is 297. The summed E-state index contributed by atoms with van der Waals surface area (Å²) in [5.74, 6) is 0. The van der Waals surface area contributed by atoms with E-state index < -0.39 is 14.4 Å². The van der Waals surface area contributed by atoms with Gasteiger partial charge in [-0.05, 0) is 25.1 Å². The Hall–Kier alpha value is -0.813. The van der Waals surface area contributed by atoms with Crippen LogP contribution in [0.15, 0.2) is 12.7 Å². The largest absolute Gasteiger partial charge is 0.453 e. The lowest BCUT2D eigenvalue weighted by molar-refractivity contribution is 0.142. The van der Waals surface area contributed by atoms with Crippen molar-refractivity contribution in [2.75, 3.05) is 7.11 Å². The zero-order chi connectivity index (χ0) is 14.6. The lowest BCUT2D eigenvalue weighted by Gasteiger charge is -2.39. The molecule has 1 N–H and O–H groups in total. The van der Waals surface area contributed by atoms with Gasteiger partial charge in [-0.2, -0.15) is 0 Å². The number of ether oxygens (including phenoxy) is 1. The van der Waals surface area contributed by atoms with Gasteiger partial charge in [0.1, 0.15) is 0 Å². The number of amides is 1. The van der Waals surface area contributed by atoms with Crippen LogP contribution in [-0.4, -0.2) is 33.7 Å². The molecule has 0 spiro atoms. The summed E-state index contributed by atoms with van der Waals surface area (Å²) in [6.07, 6.45) is 1.09. The van der Waals surface area contributed by atoms with E-state index in [1.54, 1.807) is 6.08 Å². The second kappa shape index (κ2) is 6.38. The molecule has 106 valence electrons. The molecule has 0 aromatic carbocycles. The van der Waals surface area contributed by atoms with Crippen LogP contribution in [0.25, 0.3) is 0 Å². The molecule has 0 fully saturated rings. The van der Waals surface area contributed by atoms with Crippen LogP contribution in [0.1, 0.15) is 27.7 Å². The van der Waals surface area contributed by atoms with Crippen LogP contribution in [0.4, 0.5) is 4.79 Å². The molecule has 0 radical (unpaired) electrons. The zero-order valence-corrected chi connectivity index (χ0v) is 13.7. The average molecular weight is 273 g/mol. The summed E-state index contributed by atoms with van der Waals surface area (Å²) in [5.41, 5.74) is 0. The fraction of sp³-hybridized carbons (Fsp3) is 0.769. The number of nitrogens with one attached hydrogen (secondary N) is 1. The topological polar surface area (TPSA) is 47.6 Å². The number of methoxy groups -OCH3 is 1. The first-order valence-corrected chi connectivity index (χ1v) is 9.11. The van der Waals surface area contributed by atoms with Crippen LogP contribution in [0.3, 0.4) is 0 Å². The first-order chi connectivity index (χ1) is 8.05. The highest BCUT2D eigenvalue weighted by atomic mass is 28.4. The molecule has 0 aromatic heterocycles. The van der Waals surface area contributed by atoms with Gasteiger partial charge in [-0.1, -0.05) is 26.8 Å². The number of carbonyl (C=O) groups is 1. The highest BCUT2D eigenvalue weighted by Gasteiger charge is 2.39. The van der Waals surface area contributed by atoms with Gasteiger partial charge < -0.3 is 14.5 Å². The lowest BCUT2D eigenvalue weighted by atomic mass is 10.2. The van der Waals surface area contributed by atoms with Crippen molar-refractivity contribution in [2.24, 2.45) is 0 Å². The van der Waals surface area contributed by atoms with Crippen molar-refractivity contribution in [3.63, 3.8) is 0 Å². The second-order valence-corrected chi connectivity index (χ2v) is 10.7. The van der Waals surface area contributed by atoms with Crippen LogP contribution in [0, 0.1) is 0 Å². The fourth-order valence-electron chi connectivity index (χ4n) is 1.28. The van der Waals surface area contributed by atoms with Gasteiger partial charge in [0.2, 0.25) is 0 Å². The molecular weight excluding hydrogens is 246 g/mol. The van der Waals surface area contributed by atoms with Gasteiger partial charge >= 0.3 is 6.09 Å². The van der Waals surface area contributed by atoms with E-state index in [4.69, 9.17) is 4.43 Å². The first kappa shape index (κ1) is 17.2. The van der Waals surface area contributed by atoms with E-state index in [0.29, 0.717) is 0 Å². The third kappa shape index (κ3) is 4.82. The van der Waals surface area contributed by atoms with E-state index in [1.807, 2.05) is 6.92 Å². The Labute approximate surface area is 112 Å². The highest BCUT2D eigenvalue weighted by molar-refractivity contribution is 6.74. The summed E-state index contributed by atoms with van der Waals surface area (Å²) in [6.45, 7) is 16.6. The molecule has 0 heterocycles. The minimum absolute atomic E-state index is 0.123. The molecule has 0 saturated heterocycles. The van der Waals surface area contributed by atoms with Crippen LogP contribution in [0.2, 0.25) is 18.1 Å². The van der Waals surface area contributed by atoms with Gasteiger partial charge in [0.25, 0.3) is 0 Å². The average Bonchev–Trinajstić information content (AvgIpc) is 2.22. The highest BCUT2D eigenvalue weighted by Crippen LogP contribution is 2.37. The molecule has 4 nitrogen and oxygen atoms in total. The second-order valence-electron chi connectivity index (χ2n) is 5.98. The molecular formula is C13H27NO3Si. The zero-order valence-electron chi connectivity index (χ0n) is 12.7. The lowest BCUT2D eigenvalue weighted by Crippen LogP contribution is -2.50. The maximum atomic E-state index is 11.2. The van der Waals surface area contributed by atoms with Crippen molar-refractivity contribution in [3.05, 3.63) is 12.7 Å². The molecule has 0 bridgehead atoms. The summed E-state index contributed by atoms with van der Waals surface area (Å²) in [7, 11) is -0.506. The molecule has 18 heavy (non-hydrogen) atoms. The van der Waals surface area contributed by atoms with E-state index in [1.165, 1.54) is 7.11 Å². The summed E-state index contributed by atoms with van der Waals surface area (Å²) in [4.78, 5) is 11.2. The minimum atomic E-state index is -1.85. The number of hydrogen-bond donors (Lipinski definition) is 1. The van der Waals surface area contributed by atoms with Gasteiger partial charge in [0, 0.05) is 0 Å². The normalized spacial score (nSPS) is 15.7. The standard InChI is InChI=1S/C13H27NO3Si/c1-9-11(14-12(15)16-6)10(2)17-18(7,8)13(3,4)5/h9-11H,1H2,2-8H3,(H,14,15)/t10-,11-/m0/s1. The summed E-state index contributed by atoms with van der Waals surface area (Å²) >= 11 is 0. The number of hydrogen-bond acceptors (Lipinski definition) is 3. The van der Waals surface area contributed by atoms with Gasteiger partial charge in [0.15, 0.2) is 8.32 Å². The Morgan fingerprint density at radius 3 is 2.22 bits per heavy atom. The van der Waals surface area contributed by atoms with E-state index in [0.717, 1.165) is 0 Å². The van der Waals surface area contributed by atoms with Crippen LogP contribution in [0.5, 0.6) is 0 Å². The van der Waals surface area contributed by atoms with E-state index in [-0.39, 0.29) is 17.2 Å². The van der Waals surface area contributed by atoms with Crippen molar-refractivity contribution in [1.82, 2.24) is 5.32 Å². The first-order valence-electron chi connectivity index (χ1n) is 6.20. The molecule has 0 unspecified atom stereocenters. The molecule has 0 aliphatic carbocycles. The summed E-state index contributed by atoms with van der Waals surface area (Å²) in [6, 6.07) is -0.244. The van der Waals surface area contributed by atoms with Crippen molar-refractivity contribution < 1.29 is 14.0 Å². The molecule has 1 amide bonds. The summed E-state index contributed by atoms with van der Waals surface area (Å²) in [5, 5.41) is 2.85. The van der Waals surface area contributed by atoms with Crippen molar-refractivity contribution in [3.8, 4) is 0 Å². The fourth-order valence-corrected chi connectivity index (χ4v) is 2.71. The smallest absolute Gasteiger partial charge is 0.407 e. The molecule has 2 atom stereocenters. The van der Waals surface area contributed by atoms with E-state index in [9.17, 15) is 4.79 Å². The Morgan fingerprint density at radius 2 is 1.89 bits per heavy atom. The monoisotopic (exact) mass is 273 g/mol. The molecule has 0 saturated carbocycles.